The lowest BCUT2D eigenvalue weighted by Crippen LogP contribution is -2.18. The zero-order valence-electron chi connectivity index (χ0n) is 38.3. The van der Waals surface area contributed by atoms with E-state index in [2.05, 4.69) is 51.4 Å². The Morgan fingerprint density at radius 3 is 1.50 bits per heavy atom. The maximum atomic E-state index is 12.4. The maximum absolute atomic E-state index is 12.4. The van der Waals surface area contributed by atoms with Crippen LogP contribution < -0.4 is 20.1 Å². The number of methoxy groups -OCH3 is 2. The van der Waals surface area contributed by atoms with E-state index in [1.54, 1.807) is 44.6 Å². The average Bonchev–Trinajstić information content (AvgIpc) is 4.14. The molecule has 0 unspecified atom stereocenters. The number of aryl methyl sites for hydroxylation is 4. The molecule has 20 heteroatoms. The van der Waals surface area contributed by atoms with Crippen molar-refractivity contribution in [2.75, 3.05) is 24.9 Å². The summed E-state index contributed by atoms with van der Waals surface area (Å²) in [4.78, 5) is 48.1. The Bertz CT molecular complexity index is 2220. The van der Waals surface area contributed by atoms with Gasteiger partial charge in [-0.05, 0) is 75.0 Å². The van der Waals surface area contributed by atoms with Gasteiger partial charge in [-0.25, -0.2) is 0 Å². The van der Waals surface area contributed by atoms with E-state index in [9.17, 15) is 19.2 Å². The van der Waals surface area contributed by atoms with Crippen LogP contribution in [-0.4, -0.2) is 78.4 Å². The molecular weight excluding hydrogens is 917 g/mol. The first-order chi connectivity index (χ1) is 32.1. The molecule has 4 aromatic heterocycles. The summed E-state index contributed by atoms with van der Waals surface area (Å²) in [6, 6.07) is 5.38. The number of hydrogen-bond acceptors (Lipinski definition) is 18. The van der Waals surface area contributed by atoms with Crippen molar-refractivity contribution in [1.29, 1.82) is 0 Å². The third-order valence-electron chi connectivity index (χ3n) is 11.5. The number of amides is 2. The molecule has 1 aromatic carbocycles. The van der Waals surface area contributed by atoms with Gasteiger partial charge in [-0.15, -0.1) is 63.5 Å². The number of hydrogen-bond donors (Lipinski definition) is 2. The molecule has 0 spiro atoms. The van der Waals surface area contributed by atoms with Gasteiger partial charge >= 0.3 is 0 Å². The van der Waals surface area contributed by atoms with E-state index < -0.39 is 0 Å². The molecule has 2 N–H and O–H groups in total. The molecular formula is C46H62N10O6S4. The van der Waals surface area contributed by atoms with Crippen molar-refractivity contribution in [3.05, 3.63) is 53.8 Å². The minimum Gasteiger partial charge on any atom is -0.493 e. The summed E-state index contributed by atoms with van der Waals surface area (Å²) in [6.45, 7) is 1.55. The minimum atomic E-state index is -0.169. The number of carbonyl (C=O) groups excluding carboxylic acids is 4. The summed E-state index contributed by atoms with van der Waals surface area (Å²) in [6.07, 6.45) is 21.9. The van der Waals surface area contributed by atoms with Crippen LogP contribution in [0.15, 0.2) is 18.2 Å². The van der Waals surface area contributed by atoms with Crippen LogP contribution in [0.3, 0.4) is 0 Å². The van der Waals surface area contributed by atoms with Crippen molar-refractivity contribution in [1.82, 2.24) is 40.8 Å². The van der Waals surface area contributed by atoms with E-state index in [1.807, 2.05) is 6.07 Å². The summed E-state index contributed by atoms with van der Waals surface area (Å²) < 4.78 is 10.5. The zero-order valence-corrected chi connectivity index (χ0v) is 41.6. The number of carbonyl (C=O) groups is 4. The Labute approximate surface area is 402 Å². The Balaban J connectivity index is 0.000000219. The number of unbranched alkanes of at least 4 members (excludes halogenated alkanes) is 2. The minimum absolute atomic E-state index is 0.0684. The Kier molecular flexibility index (Phi) is 20.9. The standard InChI is InChI=1S/C25H37N5O2S2.C21H25N5O4S2/c31-20(15-18-9-3-1-4-10-18)17-24-29-27-22(33-24)13-7-8-14-23-28-30-25(34-23)26-21(32)16-19-11-5-2-6-12-19;1-13(27)10-20-25-23-18(31-20)6-4-5-7-19-24-26-21(32-19)22-17(28)12-14-8-9-15(29-2)16(11-14)30-3/h18-19H,1-17H2,(H,26,30,32);8-9,11H,4-7,10,12H2,1-3H3,(H,22,26,28). The Morgan fingerprint density at radius 2 is 0.985 bits per heavy atom. The molecule has 0 atom stereocenters. The second-order valence-corrected chi connectivity index (χ2v) is 21.5. The van der Waals surface area contributed by atoms with Crippen LogP contribution in [0.1, 0.15) is 145 Å². The molecule has 0 saturated heterocycles. The van der Waals surface area contributed by atoms with Crippen molar-refractivity contribution in [2.24, 2.45) is 11.8 Å². The van der Waals surface area contributed by atoms with Crippen LogP contribution in [0.5, 0.6) is 11.5 Å². The molecule has 0 radical (unpaired) electrons. The molecule has 4 heterocycles. The highest BCUT2D eigenvalue weighted by Crippen LogP contribution is 2.30. The van der Waals surface area contributed by atoms with Gasteiger partial charge < -0.3 is 20.1 Å². The smallest absolute Gasteiger partial charge is 0.230 e. The van der Waals surface area contributed by atoms with E-state index >= 15 is 0 Å². The highest BCUT2D eigenvalue weighted by Gasteiger charge is 2.20. The molecule has 0 aliphatic heterocycles. The fraction of sp³-hybridized carbons (Fsp3) is 0.609. The number of anilines is 2. The Hall–Kier alpha value is -4.66. The largest absolute Gasteiger partial charge is 0.493 e. The number of rotatable bonds is 24. The van der Waals surface area contributed by atoms with Crippen molar-refractivity contribution >= 4 is 79.0 Å². The zero-order chi connectivity index (χ0) is 46.5. The lowest BCUT2D eigenvalue weighted by atomic mass is 9.85. The maximum Gasteiger partial charge on any atom is 0.230 e. The lowest BCUT2D eigenvalue weighted by Gasteiger charge is -2.20. The molecule has 2 fully saturated rings. The lowest BCUT2D eigenvalue weighted by molar-refractivity contribution is -0.120. The van der Waals surface area contributed by atoms with Gasteiger partial charge in [0.05, 0.1) is 33.5 Å². The number of nitrogens with one attached hydrogen (secondary N) is 2. The van der Waals surface area contributed by atoms with Gasteiger partial charge in [0.25, 0.3) is 0 Å². The van der Waals surface area contributed by atoms with E-state index in [0.29, 0.717) is 65.1 Å². The number of benzene rings is 1. The van der Waals surface area contributed by atoms with E-state index in [1.165, 1.54) is 98.2 Å². The van der Waals surface area contributed by atoms with Gasteiger partial charge in [0, 0.05) is 38.5 Å². The molecule has 2 aliphatic rings. The monoisotopic (exact) mass is 978 g/mol. The predicted molar refractivity (Wildman–Crippen MR) is 259 cm³/mol. The van der Waals surface area contributed by atoms with Crippen molar-refractivity contribution in [3.8, 4) is 11.5 Å². The Morgan fingerprint density at radius 1 is 0.530 bits per heavy atom. The van der Waals surface area contributed by atoms with Gasteiger partial charge in [0.15, 0.2) is 11.5 Å². The summed E-state index contributed by atoms with van der Waals surface area (Å²) >= 11 is 5.93. The molecule has 356 valence electrons. The van der Waals surface area contributed by atoms with Gasteiger partial charge in [-0.1, -0.05) is 80.1 Å². The van der Waals surface area contributed by atoms with Gasteiger partial charge in [-0.2, -0.15) is 0 Å². The molecule has 66 heavy (non-hydrogen) atoms. The average molecular weight is 979 g/mol. The second-order valence-electron chi connectivity index (χ2n) is 17.1. The van der Waals surface area contributed by atoms with Crippen LogP contribution in [0.4, 0.5) is 10.3 Å². The number of Topliss-reactive ketones (excluding diaryl/α,β-unsaturated/α-hetero) is 2. The molecule has 2 amide bonds. The van der Waals surface area contributed by atoms with Crippen LogP contribution >= 0.6 is 45.3 Å². The number of aromatic nitrogens is 8. The van der Waals surface area contributed by atoms with Gasteiger partial charge in [-0.3, -0.25) is 19.2 Å². The molecule has 0 bridgehead atoms. The van der Waals surface area contributed by atoms with Crippen molar-refractivity contribution < 1.29 is 28.7 Å². The third-order valence-corrected chi connectivity index (χ3v) is 15.3. The summed E-state index contributed by atoms with van der Waals surface area (Å²) in [5.74, 6) is 2.61. The van der Waals surface area contributed by atoms with Gasteiger partial charge in [0.1, 0.15) is 41.6 Å². The predicted octanol–water partition coefficient (Wildman–Crippen LogP) is 9.23. The van der Waals surface area contributed by atoms with Crippen LogP contribution in [0, 0.1) is 11.8 Å². The fourth-order valence-electron chi connectivity index (χ4n) is 8.17. The first-order valence-electron chi connectivity index (χ1n) is 23.2. The summed E-state index contributed by atoms with van der Waals surface area (Å²) in [7, 11) is 3.13. The highest BCUT2D eigenvalue weighted by molar-refractivity contribution is 7.15. The molecule has 7 rings (SSSR count). The van der Waals surface area contributed by atoms with Crippen LogP contribution in [0.2, 0.25) is 0 Å². The first-order valence-corrected chi connectivity index (χ1v) is 26.5. The SMILES string of the molecule is COc1ccc(CC(=O)Nc2nnc(CCCCc3nnc(CC(C)=O)s3)s2)cc1OC.O=C(Cc1nnc(CCCCc2nnc(NC(=O)CC3CCCCC3)s2)s1)CC1CCCCC1. The number of nitrogens with zero attached hydrogens (tertiary/aromatic N) is 8. The molecule has 16 nitrogen and oxygen atoms in total. The molecule has 2 saturated carbocycles. The quantitative estimate of drug-likeness (QED) is 0.0552. The topological polar surface area (TPSA) is 214 Å². The van der Waals surface area contributed by atoms with Crippen molar-refractivity contribution in [3.63, 3.8) is 0 Å². The number of ether oxygens (including phenoxy) is 2. The first kappa shape index (κ1) is 50.7. The normalized spacial score (nSPS) is 14.3. The molecule has 5 aromatic rings. The van der Waals surface area contributed by atoms with E-state index in [4.69, 9.17) is 9.47 Å². The second kappa shape index (κ2) is 27.2. The highest BCUT2D eigenvalue weighted by atomic mass is 32.1. The van der Waals surface area contributed by atoms with E-state index in [0.717, 1.165) is 87.0 Å². The van der Waals surface area contributed by atoms with Crippen LogP contribution in [0.25, 0.3) is 0 Å². The van der Waals surface area contributed by atoms with Crippen LogP contribution in [-0.2, 0) is 64.1 Å². The third kappa shape index (κ3) is 17.9. The summed E-state index contributed by atoms with van der Waals surface area (Å²) in [5, 5.41) is 45.6. The molecule has 2 aliphatic carbocycles. The number of ketones is 2. The van der Waals surface area contributed by atoms with Gasteiger partial charge in [0.2, 0.25) is 22.1 Å². The van der Waals surface area contributed by atoms with Crippen molar-refractivity contribution in [2.45, 2.75) is 155 Å². The van der Waals surface area contributed by atoms with E-state index in [-0.39, 0.29) is 24.0 Å². The fourth-order valence-corrected chi connectivity index (χ4v) is 11.6. The summed E-state index contributed by atoms with van der Waals surface area (Å²) in [5.41, 5.74) is 0.813.